The van der Waals surface area contributed by atoms with Crippen LogP contribution in [0.3, 0.4) is 0 Å². The van der Waals surface area contributed by atoms with E-state index in [9.17, 15) is 0 Å². The molecule has 0 aliphatic heterocycles. The number of nitrogens with two attached hydrogens (primary N) is 1. The number of aromatic nitrogens is 4. The highest BCUT2D eigenvalue weighted by Gasteiger charge is 2.18. The quantitative estimate of drug-likeness (QED) is 0.861. The van der Waals surface area contributed by atoms with Gasteiger partial charge in [-0.3, -0.25) is 0 Å². The molecule has 0 saturated carbocycles. The maximum Gasteiger partial charge on any atom is 0.231 e. The Hall–Kier alpha value is -2.38. The lowest BCUT2D eigenvalue weighted by atomic mass is 10.1. The third-order valence-electron chi connectivity index (χ3n) is 2.91. The summed E-state index contributed by atoms with van der Waals surface area (Å²) < 4.78 is 5.16. The SMILES string of the molecule is Cc1noc(C)c1C(C)Nc1nc(N)nc(N(C)C)n1. The number of rotatable bonds is 4. The standard InChI is InChI=1S/C12H19N7O/c1-6(9-7(2)18-20-8(9)3)14-11-15-10(13)16-12(17-11)19(4)5/h6H,1-5H3,(H3,13,14,15,16,17). The minimum Gasteiger partial charge on any atom is -0.368 e. The van der Waals surface area contributed by atoms with Gasteiger partial charge in [-0.25, -0.2) is 0 Å². The van der Waals surface area contributed by atoms with Crippen molar-refractivity contribution in [1.82, 2.24) is 20.1 Å². The molecule has 0 radical (unpaired) electrons. The normalized spacial score (nSPS) is 12.2. The summed E-state index contributed by atoms with van der Waals surface area (Å²) in [6.45, 7) is 5.76. The lowest BCUT2D eigenvalue weighted by molar-refractivity contribution is 0.392. The minimum absolute atomic E-state index is 0.0435. The van der Waals surface area contributed by atoms with Crippen molar-refractivity contribution in [2.45, 2.75) is 26.8 Å². The van der Waals surface area contributed by atoms with Crippen LogP contribution in [-0.4, -0.2) is 34.2 Å². The molecule has 0 aliphatic rings. The molecule has 108 valence electrons. The Bertz CT molecular complexity index is 588. The highest BCUT2D eigenvalue weighted by atomic mass is 16.5. The first-order chi connectivity index (χ1) is 9.38. The van der Waals surface area contributed by atoms with Crippen LogP contribution in [0.15, 0.2) is 4.52 Å². The Kier molecular flexibility index (Phi) is 3.73. The number of anilines is 3. The number of nitrogens with one attached hydrogen (secondary N) is 1. The number of aryl methyl sites for hydroxylation is 2. The molecule has 8 nitrogen and oxygen atoms in total. The van der Waals surface area contributed by atoms with Gasteiger partial charge in [-0.05, 0) is 20.8 Å². The maximum absolute atomic E-state index is 5.69. The van der Waals surface area contributed by atoms with Crippen molar-refractivity contribution in [3.05, 3.63) is 17.0 Å². The molecule has 0 saturated heterocycles. The predicted molar refractivity (Wildman–Crippen MR) is 76.6 cm³/mol. The molecule has 3 N–H and O–H groups in total. The predicted octanol–water partition coefficient (Wildman–Crippen LogP) is 1.30. The van der Waals surface area contributed by atoms with Crippen LogP contribution in [0, 0.1) is 13.8 Å². The van der Waals surface area contributed by atoms with Gasteiger partial charge in [-0.15, -0.1) is 0 Å². The Morgan fingerprint density at radius 2 is 1.90 bits per heavy atom. The van der Waals surface area contributed by atoms with Crippen molar-refractivity contribution < 1.29 is 4.52 Å². The van der Waals surface area contributed by atoms with Gasteiger partial charge in [0.05, 0.1) is 11.7 Å². The zero-order valence-electron chi connectivity index (χ0n) is 12.3. The summed E-state index contributed by atoms with van der Waals surface area (Å²) in [6, 6.07) is -0.0435. The maximum atomic E-state index is 5.69. The topological polar surface area (TPSA) is 106 Å². The monoisotopic (exact) mass is 277 g/mol. The summed E-state index contributed by atoms with van der Waals surface area (Å²) in [5.41, 5.74) is 7.53. The molecule has 0 amide bonds. The van der Waals surface area contributed by atoms with Gasteiger partial charge >= 0.3 is 0 Å². The fraction of sp³-hybridized carbons (Fsp3) is 0.500. The second kappa shape index (κ2) is 5.32. The van der Waals surface area contributed by atoms with Gasteiger partial charge in [-0.2, -0.15) is 15.0 Å². The minimum atomic E-state index is -0.0435. The second-order valence-corrected chi connectivity index (χ2v) is 4.82. The van der Waals surface area contributed by atoms with Crippen molar-refractivity contribution in [3.8, 4) is 0 Å². The lowest BCUT2D eigenvalue weighted by Gasteiger charge is -2.16. The summed E-state index contributed by atoms with van der Waals surface area (Å²) in [5.74, 6) is 1.88. The van der Waals surface area contributed by atoms with Gasteiger partial charge in [0.2, 0.25) is 17.8 Å². The van der Waals surface area contributed by atoms with E-state index < -0.39 is 0 Å². The molecule has 1 atom stereocenters. The Morgan fingerprint density at radius 3 is 2.45 bits per heavy atom. The first-order valence-corrected chi connectivity index (χ1v) is 6.26. The van der Waals surface area contributed by atoms with Crippen LogP contribution in [0.1, 0.15) is 30.0 Å². The molecule has 1 unspecified atom stereocenters. The first kappa shape index (κ1) is 14.0. The van der Waals surface area contributed by atoms with Gasteiger partial charge < -0.3 is 20.5 Å². The van der Waals surface area contributed by atoms with Crippen LogP contribution in [0.25, 0.3) is 0 Å². The number of hydrogen-bond donors (Lipinski definition) is 2. The largest absolute Gasteiger partial charge is 0.368 e. The Morgan fingerprint density at radius 1 is 1.20 bits per heavy atom. The van der Waals surface area contributed by atoms with Gasteiger partial charge in [0.25, 0.3) is 0 Å². The number of nitrogen functional groups attached to an aromatic ring is 1. The fourth-order valence-electron chi connectivity index (χ4n) is 2.02. The van der Waals surface area contributed by atoms with E-state index in [2.05, 4.69) is 25.4 Å². The van der Waals surface area contributed by atoms with Crippen LogP contribution in [-0.2, 0) is 0 Å². The molecule has 0 fully saturated rings. The van der Waals surface area contributed by atoms with E-state index >= 15 is 0 Å². The number of hydrogen-bond acceptors (Lipinski definition) is 8. The molecule has 20 heavy (non-hydrogen) atoms. The second-order valence-electron chi connectivity index (χ2n) is 4.82. The van der Waals surface area contributed by atoms with Crippen LogP contribution in [0.2, 0.25) is 0 Å². The molecule has 0 aliphatic carbocycles. The van der Waals surface area contributed by atoms with Crippen molar-refractivity contribution >= 4 is 17.8 Å². The lowest BCUT2D eigenvalue weighted by Crippen LogP contribution is -2.18. The molecule has 2 rings (SSSR count). The van der Waals surface area contributed by atoms with Crippen molar-refractivity contribution in [2.24, 2.45) is 0 Å². The molecular weight excluding hydrogens is 258 g/mol. The summed E-state index contributed by atoms with van der Waals surface area (Å²) in [4.78, 5) is 14.2. The smallest absolute Gasteiger partial charge is 0.231 e. The fourth-order valence-corrected chi connectivity index (χ4v) is 2.02. The average molecular weight is 277 g/mol. The molecule has 2 aromatic heterocycles. The van der Waals surface area contributed by atoms with Crippen molar-refractivity contribution in [3.63, 3.8) is 0 Å². The van der Waals surface area contributed by atoms with Crippen LogP contribution in [0.4, 0.5) is 17.8 Å². The van der Waals surface area contributed by atoms with Crippen LogP contribution >= 0.6 is 0 Å². The highest BCUT2D eigenvalue weighted by molar-refractivity contribution is 5.43. The Labute approximate surface area is 117 Å². The summed E-state index contributed by atoms with van der Waals surface area (Å²) >= 11 is 0. The zero-order chi connectivity index (χ0) is 14.9. The van der Waals surface area contributed by atoms with Gasteiger partial charge in [0.1, 0.15) is 5.76 Å². The first-order valence-electron chi connectivity index (χ1n) is 6.26. The van der Waals surface area contributed by atoms with E-state index in [-0.39, 0.29) is 12.0 Å². The van der Waals surface area contributed by atoms with E-state index in [1.807, 2.05) is 34.9 Å². The Balaban J connectivity index is 2.26. The molecule has 0 bridgehead atoms. The zero-order valence-corrected chi connectivity index (χ0v) is 12.3. The van der Waals surface area contributed by atoms with Crippen LogP contribution < -0.4 is 16.0 Å². The third kappa shape index (κ3) is 2.79. The van der Waals surface area contributed by atoms with E-state index in [0.29, 0.717) is 11.9 Å². The van der Waals surface area contributed by atoms with E-state index in [1.165, 1.54) is 0 Å². The van der Waals surface area contributed by atoms with Gasteiger partial charge in [0.15, 0.2) is 0 Å². The highest BCUT2D eigenvalue weighted by Crippen LogP contribution is 2.24. The molecule has 2 aromatic rings. The third-order valence-corrected chi connectivity index (χ3v) is 2.91. The van der Waals surface area contributed by atoms with E-state index in [0.717, 1.165) is 17.0 Å². The van der Waals surface area contributed by atoms with Crippen molar-refractivity contribution in [1.29, 1.82) is 0 Å². The number of nitrogens with zero attached hydrogens (tertiary/aromatic N) is 5. The van der Waals surface area contributed by atoms with Crippen LogP contribution in [0.5, 0.6) is 0 Å². The molecule has 0 spiro atoms. The van der Waals surface area contributed by atoms with E-state index in [4.69, 9.17) is 10.3 Å². The summed E-state index contributed by atoms with van der Waals surface area (Å²) in [5, 5.41) is 7.13. The van der Waals surface area contributed by atoms with Crippen molar-refractivity contribution in [2.75, 3.05) is 30.0 Å². The molecule has 2 heterocycles. The average Bonchev–Trinajstić information content (AvgIpc) is 2.68. The summed E-state index contributed by atoms with van der Waals surface area (Å²) in [7, 11) is 3.69. The van der Waals surface area contributed by atoms with E-state index in [1.54, 1.807) is 4.90 Å². The van der Waals surface area contributed by atoms with Gasteiger partial charge in [0, 0.05) is 19.7 Å². The van der Waals surface area contributed by atoms with Gasteiger partial charge in [-0.1, -0.05) is 5.16 Å². The molecular formula is C12H19N7O. The summed E-state index contributed by atoms with van der Waals surface area (Å²) in [6.07, 6.45) is 0. The molecule has 8 heteroatoms. The molecule has 0 aromatic carbocycles.